The predicted octanol–water partition coefficient (Wildman–Crippen LogP) is 0.649. The van der Waals surface area contributed by atoms with Crippen LogP contribution < -0.4 is 4.72 Å². The van der Waals surface area contributed by atoms with Gasteiger partial charge in [0.05, 0.1) is 23.8 Å². The first-order valence-electron chi connectivity index (χ1n) is 6.73. The Bertz CT molecular complexity index is 644. The summed E-state index contributed by atoms with van der Waals surface area (Å²) < 4.78 is 32.1. The van der Waals surface area contributed by atoms with E-state index in [1.165, 1.54) is 12.1 Å². The van der Waals surface area contributed by atoms with E-state index in [0.29, 0.717) is 19.8 Å². The zero-order valence-electron chi connectivity index (χ0n) is 11.8. The van der Waals surface area contributed by atoms with Gasteiger partial charge in [-0.2, -0.15) is 0 Å². The average molecular weight is 349 g/mol. The first kappa shape index (κ1) is 17.2. The van der Waals surface area contributed by atoms with Crippen molar-refractivity contribution in [3.8, 4) is 0 Å². The van der Waals surface area contributed by atoms with Gasteiger partial charge in [-0.25, -0.2) is 17.9 Å². The third-order valence-electron chi connectivity index (χ3n) is 3.29. The molecular weight excluding hydrogens is 332 g/mol. The van der Waals surface area contributed by atoms with Gasteiger partial charge in [0.25, 0.3) is 0 Å². The lowest BCUT2D eigenvalue weighted by Crippen LogP contribution is -2.41. The molecule has 0 unspecified atom stereocenters. The normalized spacial score (nSPS) is 16.6. The first-order valence-corrected chi connectivity index (χ1v) is 8.59. The second-order valence-electron chi connectivity index (χ2n) is 4.80. The van der Waals surface area contributed by atoms with Gasteiger partial charge in [-0.05, 0) is 18.2 Å². The van der Waals surface area contributed by atoms with Crippen molar-refractivity contribution >= 4 is 27.6 Å². The lowest BCUT2D eigenvalue weighted by atomic mass is 10.2. The first-order chi connectivity index (χ1) is 10.4. The molecule has 122 valence electrons. The Hall–Kier alpha value is -1.19. The Morgan fingerprint density at radius 1 is 1.36 bits per heavy atom. The summed E-state index contributed by atoms with van der Waals surface area (Å²) in [6.45, 7) is 3.57. The molecule has 1 aromatic rings. The van der Waals surface area contributed by atoms with Gasteiger partial charge in [0.2, 0.25) is 10.0 Å². The molecule has 0 aliphatic carbocycles. The fourth-order valence-electron chi connectivity index (χ4n) is 2.08. The minimum absolute atomic E-state index is 0.0103. The van der Waals surface area contributed by atoms with E-state index < -0.39 is 16.0 Å². The summed E-state index contributed by atoms with van der Waals surface area (Å²) in [5.41, 5.74) is -0.127. The van der Waals surface area contributed by atoms with E-state index in [2.05, 4.69) is 9.62 Å². The highest BCUT2D eigenvalue weighted by atomic mass is 35.5. The van der Waals surface area contributed by atoms with Crippen LogP contribution in [0.25, 0.3) is 0 Å². The van der Waals surface area contributed by atoms with Crippen LogP contribution in [0.1, 0.15) is 10.4 Å². The number of ether oxygens (including phenoxy) is 1. The fraction of sp³-hybridized carbons (Fsp3) is 0.462. The number of morpholine rings is 1. The summed E-state index contributed by atoms with van der Waals surface area (Å²) in [5, 5.41) is 8.93. The highest BCUT2D eigenvalue weighted by Crippen LogP contribution is 2.22. The van der Waals surface area contributed by atoms with Crippen molar-refractivity contribution in [3.05, 3.63) is 28.8 Å². The molecule has 1 aliphatic heterocycles. The molecule has 1 aliphatic rings. The van der Waals surface area contributed by atoms with E-state index in [4.69, 9.17) is 21.4 Å². The van der Waals surface area contributed by atoms with Gasteiger partial charge in [-0.1, -0.05) is 11.6 Å². The zero-order chi connectivity index (χ0) is 16.2. The van der Waals surface area contributed by atoms with Crippen LogP contribution in [0, 0.1) is 0 Å². The van der Waals surface area contributed by atoms with Gasteiger partial charge >= 0.3 is 5.97 Å². The molecule has 22 heavy (non-hydrogen) atoms. The minimum atomic E-state index is -3.85. The summed E-state index contributed by atoms with van der Waals surface area (Å²) in [6.07, 6.45) is 0. The summed E-state index contributed by atoms with van der Waals surface area (Å²) in [5.74, 6) is -1.21. The zero-order valence-corrected chi connectivity index (χ0v) is 13.4. The molecule has 0 radical (unpaired) electrons. The Balaban J connectivity index is 2.03. The lowest BCUT2D eigenvalue weighted by Gasteiger charge is -2.26. The number of halogens is 1. The number of rotatable bonds is 6. The van der Waals surface area contributed by atoms with Crippen molar-refractivity contribution in [3.63, 3.8) is 0 Å². The third kappa shape index (κ3) is 4.40. The molecule has 0 aromatic heterocycles. The van der Waals surface area contributed by atoms with E-state index in [-0.39, 0.29) is 22.0 Å². The molecule has 1 fully saturated rings. The standard InChI is InChI=1S/C13H17ClN2O5S/c14-11-2-1-10(13(17)18)9-12(11)22(19,20)15-3-4-16-5-7-21-8-6-16/h1-2,9,15H,3-8H2,(H,17,18). The largest absolute Gasteiger partial charge is 0.478 e. The Labute approximate surface area is 133 Å². The van der Waals surface area contributed by atoms with E-state index >= 15 is 0 Å². The van der Waals surface area contributed by atoms with Gasteiger partial charge in [-0.15, -0.1) is 0 Å². The predicted molar refractivity (Wildman–Crippen MR) is 80.9 cm³/mol. The second kappa shape index (κ2) is 7.38. The van der Waals surface area contributed by atoms with Crippen LogP contribution in [0.15, 0.2) is 23.1 Å². The van der Waals surface area contributed by atoms with Gasteiger partial charge in [0, 0.05) is 26.2 Å². The number of nitrogens with one attached hydrogen (secondary N) is 1. The maximum atomic E-state index is 12.2. The number of benzene rings is 1. The number of nitrogens with zero attached hydrogens (tertiary/aromatic N) is 1. The SMILES string of the molecule is O=C(O)c1ccc(Cl)c(S(=O)(=O)NCCN2CCOCC2)c1. The molecule has 2 rings (SSSR count). The van der Waals surface area contributed by atoms with Crippen LogP contribution in [-0.4, -0.2) is 63.8 Å². The minimum Gasteiger partial charge on any atom is -0.478 e. The van der Waals surface area contributed by atoms with Crippen LogP contribution in [-0.2, 0) is 14.8 Å². The molecular formula is C13H17ClN2O5S. The summed E-state index contributed by atoms with van der Waals surface area (Å²) in [6, 6.07) is 3.58. The van der Waals surface area contributed by atoms with E-state index in [1.54, 1.807) is 0 Å². The van der Waals surface area contributed by atoms with Crippen molar-refractivity contribution in [2.45, 2.75) is 4.90 Å². The fourth-order valence-corrected chi connectivity index (χ4v) is 3.63. The molecule has 1 heterocycles. The van der Waals surface area contributed by atoms with Gasteiger partial charge < -0.3 is 9.84 Å². The van der Waals surface area contributed by atoms with E-state index in [0.717, 1.165) is 19.2 Å². The number of hydrogen-bond acceptors (Lipinski definition) is 5. The molecule has 7 nitrogen and oxygen atoms in total. The Morgan fingerprint density at radius 3 is 2.68 bits per heavy atom. The van der Waals surface area contributed by atoms with Gasteiger partial charge in [0.1, 0.15) is 4.90 Å². The molecule has 0 amide bonds. The highest BCUT2D eigenvalue weighted by molar-refractivity contribution is 7.89. The third-order valence-corrected chi connectivity index (χ3v) is 5.23. The number of sulfonamides is 1. The molecule has 0 atom stereocenters. The van der Waals surface area contributed by atoms with Crippen molar-refractivity contribution in [1.29, 1.82) is 0 Å². The summed E-state index contributed by atoms with van der Waals surface area (Å²) in [4.78, 5) is 12.8. The number of carboxylic acid groups (broad SMARTS) is 1. The van der Waals surface area contributed by atoms with Crippen LogP contribution in [0.2, 0.25) is 5.02 Å². The van der Waals surface area contributed by atoms with Crippen LogP contribution in [0.5, 0.6) is 0 Å². The van der Waals surface area contributed by atoms with Crippen molar-refractivity contribution in [1.82, 2.24) is 9.62 Å². The Morgan fingerprint density at radius 2 is 2.05 bits per heavy atom. The van der Waals surface area contributed by atoms with Crippen LogP contribution >= 0.6 is 11.6 Å². The number of carboxylic acids is 1. The number of carbonyl (C=O) groups is 1. The molecule has 2 N–H and O–H groups in total. The molecule has 0 bridgehead atoms. The van der Waals surface area contributed by atoms with Crippen molar-refractivity contribution in [2.75, 3.05) is 39.4 Å². The molecule has 0 spiro atoms. The van der Waals surface area contributed by atoms with Crippen LogP contribution in [0.3, 0.4) is 0 Å². The Kier molecular flexibility index (Phi) is 5.76. The number of aromatic carboxylic acids is 1. The summed E-state index contributed by atoms with van der Waals surface area (Å²) in [7, 11) is -3.85. The lowest BCUT2D eigenvalue weighted by molar-refractivity contribution is 0.0390. The smallest absolute Gasteiger partial charge is 0.335 e. The maximum Gasteiger partial charge on any atom is 0.335 e. The second-order valence-corrected chi connectivity index (χ2v) is 6.94. The summed E-state index contributed by atoms with van der Waals surface area (Å²) >= 11 is 5.87. The monoisotopic (exact) mass is 348 g/mol. The highest BCUT2D eigenvalue weighted by Gasteiger charge is 2.20. The molecule has 9 heteroatoms. The van der Waals surface area contributed by atoms with Gasteiger partial charge in [-0.3, -0.25) is 4.90 Å². The van der Waals surface area contributed by atoms with Gasteiger partial charge in [0.15, 0.2) is 0 Å². The number of hydrogen-bond donors (Lipinski definition) is 2. The average Bonchev–Trinajstić information content (AvgIpc) is 2.48. The topological polar surface area (TPSA) is 95.9 Å². The van der Waals surface area contributed by atoms with E-state index in [1.807, 2.05) is 0 Å². The molecule has 0 saturated carbocycles. The van der Waals surface area contributed by atoms with Crippen molar-refractivity contribution in [2.24, 2.45) is 0 Å². The van der Waals surface area contributed by atoms with Crippen molar-refractivity contribution < 1.29 is 23.1 Å². The maximum absolute atomic E-state index is 12.2. The quantitative estimate of drug-likeness (QED) is 0.783. The molecule has 1 saturated heterocycles. The van der Waals surface area contributed by atoms with Crippen LogP contribution in [0.4, 0.5) is 0 Å². The van der Waals surface area contributed by atoms with E-state index in [9.17, 15) is 13.2 Å². The molecule has 1 aromatic carbocycles.